The zero-order valence-corrected chi connectivity index (χ0v) is 26.1. The Bertz CT molecular complexity index is 888. The van der Waals surface area contributed by atoms with Crippen molar-refractivity contribution in [2.24, 2.45) is 17.3 Å². The summed E-state index contributed by atoms with van der Waals surface area (Å²) < 4.78 is 13.7. The van der Waals surface area contributed by atoms with E-state index in [1.807, 2.05) is 0 Å². The van der Waals surface area contributed by atoms with Crippen LogP contribution in [0.3, 0.4) is 0 Å². The summed E-state index contributed by atoms with van der Waals surface area (Å²) in [4.78, 5) is 31.7. The summed E-state index contributed by atoms with van der Waals surface area (Å²) in [5.74, 6) is -4.20. The maximum absolute atomic E-state index is 13.5. The summed E-state index contributed by atoms with van der Waals surface area (Å²) in [5, 5.41) is 22.0. The van der Waals surface area contributed by atoms with Gasteiger partial charge in [0.2, 0.25) is 5.41 Å². The lowest BCUT2D eigenvalue weighted by atomic mass is 9.50. The van der Waals surface area contributed by atoms with Crippen molar-refractivity contribution in [1.82, 2.24) is 9.80 Å². The van der Waals surface area contributed by atoms with Gasteiger partial charge in [0, 0.05) is 35.0 Å². The molecule has 3 saturated heterocycles. The smallest absolute Gasteiger partial charge is 0.326 e. The van der Waals surface area contributed by atoms with E-state index < -0.39 is 28.7 Å². The van der Waals surface area contributed by atoms with Gasteiger partial charge in [-0.05, 0) is 120 Å². The quantitative estimate of drug-likeness (QED) is 0.450. The highest BCUT2D eigenvalue weighted by atomic mass is 16.7. The van der Waals surface area contributed by atoms with Crippen LogP contribution in [0.25, 0.3) is 0 Å². The zero-order valence-electron chi connectivity index (χ0n) is 26.1. The van der Waals surface area contributed by atoms with Gasteiger partial charge in [0.15, 0.2) is 5.79 Å². The molecule has 2 N–H and O–H groups in total. The van der Waals surface area contributed by atoms with Crippen molar-refractivity contribution in [2.75, 3.05) is 20.7 Å². The molecule has 8 nitrogen and oxygen atoms in total. The number of piperidine rings is 2. The molecule has 4 aliphatic rings. The van der Waals surface area contributed by atoms with Crippen LogP contribution >= 0.6 is 0 Å². The Balaban J connectivity index is 2.03. The van der Waals surface area contributed by atoms with Gasteiger partial charge in [-0.1, -0.05) is 6.42 Å². The maximum atomic E-state index is 13.5. The van der Waals surface area contributed by atoms with Crippen LogP contribution in [0.1, 0.15) is 113 Å². The number of carbonyl (C=O) groups is 2. The van der Waals surface area contributed by atoms with Gasteiger partial charge in [-0.3, -0.25) is 19.4 Å². The lowest BCUT2D eigenvalue weighted by Gasteiger charge is -2.68. The third-order valence-electron chi connectivity index (χ3n) is 11.7. The van der Waals surface area contributed by atoms with E-state index in [1.54, 1.807) is 0 Å². The fourth-order valence-electron chi connectivity index (χ4n) is 9.21. The third-order valence-corrected chi connectivity index (χ3v) is 11.7. The monoisotopic (exact) mass is 550 g/mol. The Morgan fingerprint density at radius 3 is 1.36 bits per heavy atom. The lowest BCUT2D eigenvalue weighted by molar-refractivity contribution is -0.403. The Kier molecular flexibility index (Phi) is 7.41. The molecule has 0 atom stereocenters. The van der Waals surface area contributed by atoms with E-state index in [9.17, 15) is 19.8 Å². The van der Waals surface area contributed by atoms with Crippen molar-refractivity contribution in [1.29, 1.82) is 0 Å². The van der Waals surface area contributed by atoms with E-state index in [2.05, 4.69) is 79.3 Å². The van der Waals surface area contributed by atoms with Crippen molar-refractivity contribution in [2.45, 2.75) is 147 Å². The first kappa shape index (κ1) is 30.7. The van der Waals surface area contributed by atoms with Crippen LogP contribution in [-0.2, 0) is 19.1 Å². The molecule has 1 spiro atoms. The van der Waals surface area contributed by atoms with E-state index >= 15 is 0 Å². The van der Waals surface area contributed by atoms with Gasteiger partial charge in [-0.25, -0.2) is 0 Å². The summed E-state index contributed by atoms with van der Waals surface area (Å²) in [6.07, 6.45) is 6.88. The minimum Gasteiger partial charge on any atom is -0.480 e. The molecule has 0 radical (unpaired) electrons. The van der Waals surface area contributed by atoms with Gasteiger partial charge in [0.1, 0.15) is 5.60 Å². The molecule has 1 aliphatic carbocycles. The van der Waals surface area contributed by atoms with Crippen LogP contribution in [0.2, 0.25) is 0 Å². The number of carboxylic acids is 2. The summed E-state index contributed by atoms with van der Waals surface area (Å²) >= 11 is 0. The van der Waals surface area contributed by atoms with Crippen molar-refractivity contribution in [3.8, 4) is 0 Å². The fourth-order valence-corrected chi connectivity index (χ4v) is 9.21. The standard InChI is InChI=1S/C31H54N2O6/c1-25(2)16-21(17-26(3,4)32(25)9)31(22-18-27(5,6)33(10)28(7,8)19-22)30(23(34)35,24(36)37)20-38-29(39-31)14-12-11-13-15-29/h21-22H,11-20H2,1-10H3,(H,34,35)(H,36,37). The first-order chi connectivity index (χ1) is 17.7. The number of carboxylic acid groups (broad SMARTS) is 2. The van der Waals surface area contributed by atoms with Crippen LogP contribution in [0.5, 0.6) is 0 Å². The van der Waals surface area contributed by atoms with Crippen molar-refractivity contribution >= 4 is 11.9 Å². The minimum absolute atomic E-state index is 0.278. The Morgan fingerprint density at radius 1 is 0.667 bits per heavy atom. The van der Waals surface area contributed by atoms with Crippen LogP contribution in [-0.4, -0.2) is 86.2 Å². The van der Waals surface area contributed by atoms with Gasteiger partial charge >= 0.3 is 11.9 Å². The molecular weight excluding hydrogens is 496 g/mol. The molecule has 224 valence electrons. The molecule has 3 heterocycles. The van der Waals surface area contributed by atoms with E-state index in [0.717, 1.165) is 19.3 Å². The SMILES string of the molecule is CN1C(C)(C)CC(C2(C3CC(C)(C)N(C)C(C)(C)C3)OC3(CCCCC3)OCC2(C(=O)O)C(=O)O)CC1(C)C. The molecule has 0 aromatic rings. The zero-order chi connectivity index (χ0) is 29.4. The first-order valence-corrected chi connectivity index (χ1v) is 15.0. The Morgan fingerprint density at radius 2 is 1.03 bits per heavy atom. The molecule has 0 bridgehead atoms. The molecule has 8 heteroatoms. The second-order valence-corrected chi connectivity index (χ2v) is 15.7. The Labute approximate surface area is 235 Å². The second kappa shape index (κ2) is 9.40. The Hall–Kier alpha value is -1.22. The first-order valence-electron chi connectivity index (χ1n) is 15.0. The summed E-state index contributed by atoms with van der Waals surface area (Å²) in [6, 6.07) is 0. The van der Waals surface area contributed by atoms with Crippen molar-refractivity contribution in [3.05, 3.63) is 0 Å². The molecule has 39 heavy (non-hydrogen) atoms. The van der Waals surface area contributed by atoms with Gasteiger partial charge in [-0.15, -0.1) is 0 Å². The number of rotatable bonds is 4. The number of hydrogen-bond acceptors (Lipinski definition) is 6. The molecule has 3 aliphatic heterocycles. The van der Waals surface area contributed by atoms with Gasteiger partial charge in [-0.2, -0.15) is 0 Å². The molecule has 0 aromatic carbocycles. The number of likely N-dealkylation sites (tertiary alicyclic amines) is 2. The highest BCUT2D eigenvalue weighted by molar-refractivity contribution is 6.00. The van der Waals surface area contributed by atoms with Gasteiger partial charge < -0.3 is 19.7 Å². The summed E-state index contributed by atoms with van der Waals surface area (Å²) in [7, 11) is 4.25. The third kappa shape index (κ3) is 4.56. The van der Waals surface area contributed by atoms with Crippen LogP contribution < -0.4 is 0 Å². The summed E-state index contributed by atoms with van der Waals surface area (Å²) in [6.45, 7) is 17.2. The van der Waals surface area contributed by atoms with Crippen molar-refractivity contribution < 1.29 is 29.3 Å². The van der Waals surface area contributed by atoms with E-state index in [1.165, 1.54) is 0 Å². The molecular formula is C31H54N2O6. The highest BCUT2D eigenvalue weighted by Gasteiger charge is 2.76. The molecule has 0 aromatic heterocycles. The van der Waals surface area contributed by atoms with Crippen molar-refractivity contribution in [3.63, 3.8) is 0 Å². The fraction of sp³-hybridized carbons (Fsp3) is 0.935. The largest absolute Gasteiger partial charge is 0.480 e. The maximum Gasteiger partial charge on any atom is 0.326 e. The molecule has 4 rings (SSSR count). The van der Waals surface area contributed by atoms with Gasteiger partial charge in [0.05, 0.1) is 6.61 Å². The lowest BCUT2D eigenvalue weighted by Crippen LogP contribution is -2.78. The average Bonchev–Trinajstić information content (AvgIpc) is 2.80. The van der Waals surface area contributed by atoms with E-state index in [0.29, 0.717) is 38.5 Å². The molecule has 1 saturated carbocycles. The number of hydrogen-bond donors (Lipinski definition) is 2. The van der Waals surface area contributed by atoms with E-state index in [-0.39, 0.29) is 40.6 Å². The average molecular weight is 551 g/mol. The highest BCUT2D eigenvalue weighted by Crippen LogP contribution is 2.63. The number of aliphatic carboxylic acids is 2. The molecule has 0 amide bonds. The predicted molar refractivity (Wildman–Crippen MR) is 151 cm³/mol. The van der Waals surface area contributed by atoms with Crippen LogP contribution in [0, 0.1) is 17.3 Å². The minimum atomic E-state index is -2.21. The topological polar surface area (TPSA) is 99.5 Å². The van der Waals surface area contributed by atoms with E-state index in [4.69, 9.17) is 9.47 Å². The normalized spacial score (nSPS) is 32.1. The second-order valence-electron chi connectivity index (χ2n) is 15.7. The molecule has 0 unspecified atom stereocenters. The number of nitrogens with zero attached hydrogens (tertiary/aromatic N) is 2. The summed E-state index contributed by atoms with van der Waals surface area (Å²) in [5.41, 5.74) is -4.76. The van der Waals surface area contributed by atoms with Crippen LogP contribution in [0.4, 0.5) is 0 Å². The number of ether oxygens (including phenoxy) is 2. The molecule has 4 fully saturated rings. The van der Waals surface area contributed by atoms with Crippen LogP contribution in [0.15, 0.2) is 0 Å². The van der Waals surface area contributed by atoms with Gasteiger partial charge in [0.25, 0.3) is 0 Å². The predicted octanol–water partition coefficient (Wildman–Crippen LogP) is 5.39.